The average Bonchev–Trinajstić information content (AvgIpc) is 3.38. The van der Waals surface area contributed by atoms with Crippen LogP contribution in [0, 0.1) is 0 Å². The summed E-state index contributed by atoms with van der Waals surface area (Å²) < 4.78 is 2.97. The van der Waals surface area contributed by atoms with Crippen LogP contribution in [0.15, 0.2) is 85.5 Å². The predicted octanol–water partition coefficient (Wildman–Crippen LogP) is 3.16. The number of hydrogen-bond acceptors (Lipinski definition) is 5. The molecule has 0 aliphatic rings. The smallest absolute Gasteiger partial charge is 0.329 e. The predicted molar refractivity (Wildman–Crippen MR) is 110 cm³/mol. The van der Waals surface area contributed by atoms with Gasteiger partial charge in [-0.2, -0.15) is 4.73 Å². The summed E-state index contributed by atoms with van der Waals surface area (Å²) in [7, 11) is 0. The monoisotopic (exact) mass is 404 g/mol. The van der Waals surface area contributed by atoms with Gasteiger partial charge in [-0.05, 0) is 0 Å². The Balaban J connectivity index is 0.000000171. The van der Waals surface area contributed by atoms with Crippen LogP contribution in [0.3, 0.4) is 0 Å². The maximum Gasteiger partial charge on any atom is 0.329 e. The van der Waals surface area contributed by atoms with Gasteiger partial charge in [-0.15, -0.1) is 0 Å². The van der Waals surface area contributed by atoms with Crippen molar-refractivity contribution < 1.29 is 19.5 Å². The molecule has 1 N–H and O–H groups in total. The Kier molecular flexibility index (Phi) is 6.73. The van der Waals surface area contributed by atoms with Crippen LogP contribution >= 0.6 is 0 Å². The van der Waals surface area contributed by atoms with E-state index in [0.717, 1.165) is 11.1 Å². The second kappa shape index (κ2) is 9.83. The fourth-order valence-electron chi connectivity index (χ4n) is 2.72. The van der Waals surface area contributed by atoms with Crippen LogP contribution in [0.4, 0.5) is 0 Å². The highest BCUT2D eigenvalue weighted by molar-refractivity contribution is 5.68. The van der Waals surface area contributed by atoms with Crippen LogP contribution in [0.5, 0.6) is 0 Å². The maximum absolute atomic E-state index is 10.8. The van der Waals surface area contributed by atoms with Crippen molar-refractivity contribution in [2.45, 2.75) is 13.5 Å². The van der Waals surface area contributed by atoms with E-state index in [4.69, 9.17) is 9.94 Å². The molecule has 0 fully saturated rings. The number of hydrogen-bond donors (Lipinski definition) is 1. The third-order valence-corrected chi connectivity index (χ3v) is 3.92. The number of aromatic nitrogens is 4. The van der Waals surface area contributed by atoms with Gasteiger partial charge in [0.25, 0.3) is 0 Å². The van der Waals surface area contributed by atoms with Crippen LogP contribution in [0.2, 0.25) is 0 Å². The van der Waals surface area contributed by atoms with Gasteiger partial charge in [0.05, 0.1) is 6.20 Å². The second-order valence-corrected chi connectivity index (χ2v) is 6.16. The van der Waals surface area contributed by atoms with Gasteiger partial charge in [0.2, 0.25) is 0 Å². The van der Waals surface area contributed by atoms with Crippen LogP contribution in [-0.2, 0) is 16.1 Å². The summed E-state index contributed by atoms with van der Waals surface area (Å²) in [5.41, 5.74) is 1.83. The topological polar surface area (TPSA) is 99.2 Å². The largest absolute Gasteiger partial charge is 0.480 e. The number of nitrogens with zero attached hydrogens (tertiary/aromatic N) is 4. The van der Waals surface area contributed by atoms with E-state index < -0.39 is 5.97 Å². The van der Waals surface area contributed by atoms with Crippen LogP contribution in [-0.4, -0.2) is 36.3 Å². The van der Waals surface area contributed by atoms with E-state index in [2.05, 4.69) is 9.97 Å². The molecule has 8 heteroatoms. The number of aliphatic carboxylic acids is 1. The molecule has 0 aliphatic heterocycles. The van der Waals surface area contributed by atoms with Crippen molar-refractivity contribution in [3.8, 4) is 22.8 Å². The molecule has 4 rings (SSSR count). The van der Waals surface area contributed by atoms with Crippen LogP contribution in [0.1, 0.15) is 6.92 Å². The van der Waals surface area contributed by atoms with Crippen molar-refractivity contribution in [1.29, 1.82) is 0 Å². The van der Waals surface area contributed by atoms with E-state index in [-0.39, 0.29) is 12.5 Å². The molecule has 4 aromatic rings. The number of rotatable bonds is 5. The average molecular weight is 404 g/mol. The summed E-state index contributed by atoms with van der Waals surface area (Å²) in [4.78, 5) is 34.6. The molecular weight excluding hydrogens is 384 g/mol. The molecule has 0 aliphatic carbocycles. The van der Waals surface area contributed by atoms with Crippen molar-refractivity contribution in [3.05, 3.63) is 85.5 Å². The van der Waals surface area contributed by atoms with E-state index in [1.54, 1.807) is 29.4 Å². The van der Waals surface area contributed by atoms with Crippen molar-refractivity contribution in [2.75, 3.05) is 0 Å². The zero-order valence-corrected chi connectivity index (χ0v) is 16.3. The molecule has 0 bridgehead atoms. The molecule has 30 heavy (non-hydrogen) atoms. The molecular formula is C22H20N4O4. The Morgan fingerprint density at radius 1 is 0.867 bits per heavy atom. The van der Waals surface area contributed by atoms with Crippen molar-refractivity contribution in [2.24, 2.45) is 0 Å². The molecule has 0 radical (unpaired) electrons. The Morgan fingerprint density at radius 2 is 1.40 bits per heavy atom. The first-order valence-electron chi connectivity index (χ1n) is 9.10. The molecule has 0 unspecified atom stereocenters. The number of imidazole rings is 2. The van der Waals surface area contributed by atoms with Gasteiger partial charge < -0.3 is 14.5 Å². The highest BCUT2D eigenvalue weighted by atomic mass is 16.7. The Bertz CT molecular complexity index is 1010. The Hall–Kier alpha value is -4.20. The summed E-state index contributed by atoms with van der Waals surface area (Å²) in [6, 6.07) is 19.1. The summed E-state index contributed by atoms with van der Waals surface area (Å²) >= 11 is 0. The van der Waals surface area contributed by atoms with E-state index in [1.165, 1.54) is 11.7 Å². The van der Waals surface area contributed by atoms with Crippen LogP contribution < -0.4 is 4.84 Å². The minimum Gasteiger partial charge on any atom is -0.480 e. The summed E-state index contributed by atoms with van der Waals surface area (Å²) in [6.45, 7) is 1.29. The SMILES string of the molecule is CC(=O)On1ccnc1-c1ccccc1.O=C(O)Cn1ccnc1-c1ccccc1. The molecule has 0 saturated heterocycles. The standard InChI is InChI=1S/2C11H10N2O2/c1-9(14)15-13-8-7-12-11(13)10-5-3-2-4-6-10;14-10(15)8-13-7-6-12-11(13)9-4-2-1-3-5-9/h2-8H,1H3;1-7H,8H2,(H,14,15). The molecule has 2 heterocycles. The minimum absolute atomic E-state index is 0.0653. The van der Waals surface area contributed by atoms with E-state index >= 15 is 0 Å². The second-order valence-electron chi connectivity index (χ2n) is 6.16. The molecule has 2 aromatic heterocycles. The first-order chi connectivity index (χ1) is 14.5. The van der Waals surface area contributed by atoms with Gasteiger partial charge in [0, 0.05) is 36.6 Å². The molecule has 8 nitrogen and oxygen atoms in total. The normalized spacial score (nSPS) is 10.0. The Morgan fingerprint density at radius 3 is 1.97 bits per heavy atom. The highest BCUT2D eigenvalue weighted by Crippen LogP contribution is 2.16. The van der Waals surface area contributed by atoms with Gasteiger partial charge in [-0.25, -0.2) is 14.8 Å². The number of benzene rings is 2. The van der Waals surface area contributed by atoms with E-state index in [9.17, 15) is 9.59 Å². The number of carboxylic acid groups (broad SMARTS) is 1. The number of carboxylic acids is 1. The van der Waals surface area contributed by atoms with Gasteiger partial charge in [0.1, 0.15) is 12.4 Å². The summed E-state index contributed by atoms with van der Waals surface area (Å²) in [5.74, 6) is 0.0548. The van der Waals surface area contributed by atoms with Gasteiger partial charge in [-0.3, -0.25) is 4.79 Å². The lowest BCUT2D eigenvalue weighted by Crippen LogP contribution is -2.16. The lowest BCUT2D eigenvalue weighted by Gasteiger charge is -2.05. The third-order valence-electron chi connectivity index (χ3n) is 3.92. The molecule has 0 spiro atoms. The molecule has 0 amide bonds. The number of carbonyl (C=O) groups is 2. The van der Waals surface area contributed by atoms with E-state index in [1.807, 2.05) is 60.7 Å². The molecule has 2 aromatic carbocycles. The minimum atomic E-state index is -0.870. The van der Waals surface area contributed by atoms with Crippen molar-refractivity contribution in [1.82, 2.24) is 19.3 Å². The number of carbonyl (C=O) groups excluding carboxylic acids is 1. The van der Waals surface area contributed by atoms with Crippen molar-refractivity contribution in [3.63, 3.8) is 0 Å². The zero-order valence-electron chi connectivity index (χ0n) is 16.3. The van der Waals surface area contributed by atoms with Crippen LogP contribution in [0.25, 0.3) is 22.8 Å². The maximum atomic E-state index is 10.8. The lowest BCUT2D eigenvalue weighted by atomic mass is 10.2. The lowest BCUT2D eigenvalue weighted by molar-refractivity contribution is -0.141. The third kappa shape index (κ3) is 5.41. The molecule has 152 valence electrons. The summed E-state index contributed by atoms with van der Waals surface area (Å²) in [5, 5.41) is 8.71. The van der Waals surface area contributed by atoms with Gasteiger partial charge in [0.15, 0.2) is 5.82 Å². The fraction of sp³-hybridized carbons (Fsp3) is 0.0909. The molecule has 0 atom stereocenters. The molecule has 0 saturated carbocycles. The summed E-state index contributed by atoms with van der Waals surface area (Å²) in [6.07, 6.45) is 6.46. The quantitative estimate of drug-likeness (QED) is 0.549. The highest BCUT2D eigenvalue weighted by Gasteiger charge is 2.08. The van der Waals surface area contributed by atoms with Gasteiger partial charge >= 0.3 is 11.9 Å². The Labute approximate surface area is 173 Å². The zero-order chi connectivity index (χ0) is 21.3. The first-order valence-corrected chi connectivity index (χ1v) is 9.10. The van der Waals surface area contributed by atoms with Crippen molar-refractivity contribution >= 4 is 11.9 Å². The first kappa shape index (κ1) is 20.5. The fourth-order valence-corrected chi connectivity index (χ4v) is 2.72. The van der Waals surface area contributed by atoms with E-state index in [0.29, 0.717) is 11.6 Å². The van der Waals surface area contributed by atoms with Gasteiger partial charge in [-0.1, -0.05) is 60.7 Å².